The molecule has 0 atom stereocenters. The predicted molar refractivity (Wildman–Crippen MR) is 117 cm³/mol. The third-order valence-electron chi connectivity index (χ3n) is 4.32. The highest BCUT2D eigenvalue weighted by atomic mass is 32.1. The minimum Gasteiger partial charge on any atom is -0.497 e. The van der Waals surface area contributed by atoms with Crippen LogP contribution in [0, 0.1) is 0 Å². The second-order valence-corrected chi connectivity index (χ2v) is 7.56. The number of fused-ring (bicyclic) bond motifs is 1. The number of carbonyl (C=O) groups is 2. The largest absolute Gasteiger partial charge is 0.497 e. The number of thiazole rings is 1. The highest BCUT2D eigenvalue weighted by Crippen LogP contribution is 2.28. The summed E-state index contributed by atoms with van der Waals surface area (Å²) in [7, 11) is 3.34. The van der Waals surface area contributed by atoms with Gasteiger partial charge in [0.15, 0.2) is 5.13 Å². The molecule has 0 aliphatic rings. The van der Waals surface area contributed by atoms with E-state index in [1.54, 1.807) is 48.2 Å². The number of nitrogens with one attached hydrogen (secondary N) is 1. The second kappa shape index (κ2) is 9.49. The third-order valence-corrected chi connectivity index (χ3v) is 5.38. The van der Waals surface area contributed by atoms with Crippen LogP contribution in [-0.4, -0.2) is 55.5 Å². The van der Waals surface area contributed by atoms with Crippen molar-refractivity contribution in [3.8, 4) is 5.75 Å². The van der Waals surface area contributed by atoms with E-state index in [-0.39, 0.29) is 24.9 Å². The fraction of sp³-hybridized carbons (Fsp3) is 0.286. The van der Waals surface area contributed by atoms with E-state index >= 15 is 0 Å². The van der Waals surface area contributed by atoms with Crippen LogP contribution in [0.1, 0.15) is 6.92 Å². The molecule has 0 spiro atoms. The summed E-state index contributed by atoms with van der Waals surface area (Å²) in [5.41, 5.74) is 1.56. The monoisotopic (exact) mass is 412 g/mol. The molecule has 2 aromatic carbocycles. The molecular formula is C21H24N4O3S. The fourth-order valence-corrected chi connectivity index (χ4v) is 3.93. The lowest BCUT2D eigenvalue weighted by Gasteiger charge is -2.22. The number of ether oxygens (including phenoxy) is 1. The van der Waals surface area contributed by atoms with Gasteiger partial charge in [0.05, 0.1) is 30.4 Å². The Bertz CT molecular complexity index is 954. The highest BCUT2D eigenvalue weighted by Gasteiger charge is 2.20. The van der Waals surface area contributed by atoms with Crippen molar-refractivity contribution in [3.05, 3.63) is 48.5 Å². The van der Waals surface area contributed by atoms with E-state index in [1.165, 1.54) is 11.3 Å². The molecule has 0 aliphatic heterocycles. The number of para-hydroxylation sites is 1. The van der Waals surface area contributed by atoms with Gasteiger partial charge < -0.3 is 10.1 Å². The average molecular weight is 413 g/mol. The Morgan fingerprint density at radius 2 is 1.83 bits per heavy atom. The lowest BCUT2D eigenvalue weighted by atomic mass is 10.3. The number of carbonyl (C=O) groups excluding carboxylic acids is 2. The zero-order valence-electron chi connectivity index (χ0n) is 16.7. The van der Waals surface area contributed by atoms with Gasteiger partial charge in [-0.2, -0.15) is 0 Å². The smallest absolute Gasteiger partial charge is 0.242 e. The van der Waals surface area contributed by atoms with Gasteiger partial charge in [0.1, 0.15) is 5.75 Å². The van der Waals surface area contributed by atoms with Crippen molar-refractivity contribution in [1.29, 1.82) is 0 Å². The fourth-order valence-electron chi connectivity index (χ4n) is 2.89. The van der Waals surface area contributed by atoms with E-state index in [4.69, 9.17) is 4.74 Å². The maximum absolute atomic E-state index is 12.8. The summed E-state index contributed by atoms with van der Waals surface area (Å²) in [5, 5.41) is 3.49. The van der Waals surface area contributed by atoms with Gasteiger partial charge >= 0.3 is 0 Å². The summed E-state index contributed by atoms with van der Waals surface area (Å²) in [6.45, 7) is 2.67. The van der Waals surface area contributed by atoms with Gasteiger partial charge in [-0.1, -0.05) is 23.5 Å². The summed E-state index contributed by atoms with van der Waals surface area (Å²) in [6.07, 6.45) is 0. The minimum atomic E-state index is -0.187. The van der Waals surface area contributed by atoms with E-state index in [0.717, 1.165) is 16.0 Å². The lowest BCUT2D eigenvalue weighted by molar-refractivity contribution is -0.121. The Kier molecular flexibility index (Phi) is 6.79. The Balaban J connectivity index is 1.57. The van der Waals surface area contributed by atoms with E-state index in [2.05, 4.69) is 10.3 Å². The standard InChI is InChI=1S/C21H24N4O3S/c1-4-25(21-23-17-7-5-6-8-18(17)29-21)20(27)14-24(2)13-19(26)22-15-9-11-16(28-3)12-10-15/h5-12H,4,13-14H2,1-3H3,(H,22,26). The number of anilines is 2. The number of benzene rings is 2. The average Bonchev–Trinajstić information content (AvgIpc) is 3.12. The van der Waals surface area contributed by atoms with Crippen LogP contribution in [0.2, 0.25) is 0 Å². The number of hydrogen-bond donors (Lipinski definition) is 1. The first kappa shape index (κ1) is 20.8. The number of amides is 2. The Hall–Kier alpha value is -2.97. The maximum atomic E-state index is 12.8. The van der Waals surface area contributed by atoms with Gasteiger partial charge in [0, 0.05) is 12.2 Å². The van der Waals surface area contributed by atoms with Crippen molar-refractivity contribution in [2.45, 2.75) is 6.92 Å². The molecule has 3 aromatic rings. The second-order valence-electron chi connectivity index (χ2n) is 6.55. The summed E-state index contributed by atoms with van der Waals surface area (Å²) in [4.78, 5) is 32.9. The van der Waals surface area contributed by atoms with Crippen molar-refractivity contribution in [3.63, 3.8) is 0 Å². The van der Waals surface area contributed by atoms with Gasteiger partial charge in [0.2, 0.25) is 11.8 Å². The van der Waals surface area contributed by atoms with Crippen molar-refractivity contribution in [2.24, 2.45) is 0 Å². The molecule has 0 saturated carbocycles. The van der Waals surface area contributed by atoms with Gasteiger partial charge in [-0.05, 0) is 50.4 Å². The van der Waals surface area contributed by atoms with Crippen LogP contribution in [-0.2, 0) is 9.59 Å². The zero-order valence-corrected chi connectivity index (χ0v) is 17.5. The van der Waals surface area contributed by atoms with Gasteiger partial charge in [0.25, 0.3) is 0 Å². The van der Waals surface area contributed by atoms with Crippen molar-refractivity contribution in [2.75, 3.05) is 44.0 Å². The zero-order chi connectivity index (χ0) is 20.8. The molecule has 0 unspecified atom stereocenters. The molecule has 29 heavy (non-hydrogen) atoms. The lowest BCUT2D eigenvalue weighted by Crippen LogP contribution is -2.41. The van der Waals surface area contributed by atoms with E-state index in [9.17, 15) is 9.59 Å². The van der Waals surface area contributed by atoms with Crippen LogP contribution < -0.4 is 15.0 Å². The molecule has 0 aliphatic carbocycles. The number of nitrogens with zero attached hydrogens (tertiary/aromatic N) is 3. The molecule has 0 fully saturated rings. The first-order valence-corrected chi connectivity index (χ1v) is 10.1. The Morgan fingerprint density at radius 1 is 1.10 bits per heavy atom. The first-order chi connectivity index (χ1) is 14.0. The maximum Gasteiger partial charge on any atom is 0.242 e. The van der Waals surface area contributed by atoms with Gasteiger partial charge in [-0.3, -0.25) is 19.4 Å². The van der Waals surface area contributed by atoms with E-state index in [0.29, 0.717) is 17.4 Å². The molecule has 1 heterocycles. The van der Waals surface area contributed by atoms with Crippen LogP contribution in [0.15, 0.2) is 48.5 Å². The van der Waals surface area contributed by atoms with Crippen LogP contribution in [0.5, 0.6) is 5.75 Å². The van der Waals surface area contributed by atoms with Gasteiger partial charge in [-0.25, -0.2) is 4.98 Å². The predicted octanol–water partition coefficient (Wildman–Crippen LogP) is 3.23. The van der Waals surface area contributed by atoms with Crippen molar-refractivity contribution in [1.82, 2.24) is 9.88 Å². The van der Waals surface area contributed by atoms with E-state index in [1.807, 2.05) is 31.2 Å². The van der Waals surface area contributed by atoms with Crippen molar-refractivity contribution < 1.29 is 14.3 Å². The molecule has 0 saturated heterocycles. The molecule has 2 amide bonds. The number of methoxy groups -OCH3 is 1. The SMILES string of the molecule is CCN(C(=O)CN(C)CC(=O)Nc1ccc(OC)cc1)c1nc2ccccc2s1. The summed E-state index contributed by atoms with van der Waals surface area (Å²) < 4.78 is 6.15. The van der Waals surface area contributed by atoms with E-state index < -0.39 is 0 Å². The summed E-state index contributed by atoms with van der Waals surface area (Å²) in [5.74, 6) is 0.444. The molecule has 0 radical (unpaired) electrons. The molecule has 1 aromatic heterocycles. The topological polar surface area (TPSA) is 74.8 Å². The normalized spacial score (nSPS) is 10.9. The number of rotatable bonds is 8. The molecule has 1 N–H and O–H groups in total. The summed E-state index contributed by atoms with van der Waals surface area (Å²) in [6, 6.07) is 14.9. The quantitative estimate of drug-likeness (QED) is 0.615. The van der Waals surface area contributed by atoms with Crippen LogP contribution in [0.25, 0.3) is 10.2 Å². The molecule has 152 valence electrons. The Morgan fingerprint density at radius 3 is 2.48 bits per heavy atom. The highest BCUT2D eigenvalue weighted by molar-refractivity contribution is 7.22. The number of hydrogen-bond acceptors (Lipinski definition) is 6. The molecule has 8 heteroatoms. The molecule has 7 nitrogen and oxygen atoms in total. The van der Waals surface area contributed by atoms with Crippen molar-refractivity contribution >= 4 is 44.2 Å². The molecular weight excluding hydrogens is 388 g/mol. The minimum absolute atomic E-state index is 0.0914. The number of aromatic nitrogens is 1. The van der Waals surface area contributed by atoms with Crippen LogP contribution >= 0.6 is 11.3 Å². The van der Waals surface area contributed by atoms with Gasteiger partial charge in [-0.15, -0.1) is 0 Å². The number of likely N-dealkylation sites (N-methyl/N-ethyl adjacent to an activating group) is 2. The Labute approximate surface area is 173 Å². The summed E-state index contributed by atoms with van der Waals surface area (Å²) >= 11 is 1.49. The first-order valence-electron chi connectivity index (χ1n) is 9.28. The molecule has 0 bridgehead atoms. The van der Waals surface area contributed by atoms with Crippen LogP contribution in [0.3, 0.4) is 0 Å². The van der Waals surface area contributed by atoms with Crippen LogP contribution in [0.4, 0.5) is 10.8 Å². The molecule has 3 rings (SSSR count). The third kappa shape index (κ3) is 5.30.